The van der Waals surface area contributed by atoms with Crippen molar-refractivity contribution in [1.82, 2.24) is 4.90 Å². The number of ether oxygens (including phenoxy) is 2. The van der Waals surface area contributed by atoms with Crippen LogP contribution in [0.1, 0.15) is 12.5 Å². The van der Waals surface area contributed by atoms with Gasteiger partial charge in [0.25, 0.3) is 0 Å². The summed E-state index contributed by atoms with van der Waals surface area (Å²) in [5.41, 5.74) is 6.44. The van der Waals surface area contributed by atoms with E-state index >= 15 is 0 Å². The van der Waals surface area contributed by atoms with Crippen molar-refractivity contribution in [3.8, 4) is 5.75 Å². The smallest absolute Gasteiger partial charge is 0.129 e. The van der Waals surface area contributed by atoms with Crippen molar-refractivity contribution in [3.63, 3.8) is 0 Å². The molecule has 1 fully saturated rings. The zero-order chi connectivity index (χ0) is 15.2. The minimum absolute atomic E-state index is 0.0500. The van der Waals surface area contributed by atoms with E-state index in [4.69, 9.17) is 27.4 Å². The Morgan fingerprint density at radius 2 is 2.29 bits per heavy atom. The van der Waals surface area contributed by atoms with Gasteiger partial charge >= 0.3 is 0 Å². The molecule has 1 saturated heterocycles. The Morgan fingerprint density at radius 3 is 3.00 bits per heavy atom. The average Bonchev–Trinajstić information content (AvgIpc) is 2.49. The number of hydrogen-bond donors (Lipinski definition) is 2. The van der Waals surface area contributed by atoms with E-state index in [1.54, 1.807) is 0 Å². The molecular formula is C15H22N2O3S. The third-order valence-corrected chi connectivity index (χ3v) is 3.85. The van der Waals surface area contributed by atoms with Crippen LogP contribution in [0.4, 0.5) is 0 Å². The zero-order valence-corrected chi connectivity index (χ0v) is 13.0. The molecular weight excluding hydrogens is 288 g/mol. The summed E-state index contributed by atoms with van der Waals surface area (Å²) in [7, 11) is 0. The second kappa shape index (κ2) is 7.70. The molecule has 21 heavy (non-hydrogen) atoms. The summed E-state index contributed by atoms with van der Waals surface area (Å²) in [5, 5.41) is 9.18. The highest BCUT2D eigenvalue weighted by Gasteiger charge is 2.25. The second-order valence-electron chi connectivity index (χ2n) is 5.19. The predicted molar refractivity (Wildman–Crippen MR) is 85.7 cm³/mol. The Balaban J connectivity index is 1.88. The molecule has 0 saturated carbocycles. The van der Waals surface area contributed by atoms with Crippen LogP contribution in [0.15, 0.2) is 24.3 Å². The number of morpholine rings is 1. The van der Waals surface area contributed by atoms with Crippen LogP contribution in [-0.2, 0) is 4.74 Å². The average molecular weight is 310 g/mol. The molecule has 1 aliphatic rings. The molecule has 5 nitrogen and oxygen atoms in total. The summed E-state index contributed by atoms with van der Waals surface area (Å²) < 4.78 is 11.3. The van der Waals surface area contributed by atoms with Crippen molar-refractivity contribution in [2.24, 2.45) is 5.73 Å². The molecule has 1 heterocycles. The van der Waals surface area contributed by atoms with Crippen molar-refractivity contribution in [3.05, 3.63) is 29.8 Å². The molecule has 2 unspecified atom stereocenters. The summed E-state index contributed by atoms with van der Waals surface area (Å²) in [6.07, 6.45) is -0.106. The predicted octanol–water partition coefficient (Wildman–Crippen LogP) is 0.781. The number of benzene rings is 1. The summed E-state index contributed by atoms with van der Waals surface area (Å²) in [5.74, 6) is 0.713. The molecule has 3 N–H and O–H groups in total. The van der Waals surface area contributed by atoms with E-state index < -0.39 is 0 Å². The summed E-state index contributed by atoms with van der Waals surface area (Å²) >= 11 is 5.02. The lowest BCUT2D eigenvalue weighted by Crippen LogP contribution is -2.50. The van der Waals surface area contributed by atoms with Gasteiger partial charge in [-0.05, 0) is 19.1 Å². The molecule has 0 bridgehead atoms. The first-order chi connectivity index (χ1) is 10.1. The maximum absolute atomic E-state index is 9.18. The van der Waals surface area contributed by atoms with Crippen LogP contribution >= 0.6 is 12.2 Å². The van der Waals surface area contributed by atoms with E-state index in [0.717, 1.165) is 18.7 Å². The van der Waals surface area contributed by atoms with Crippen molar-refractivity contribution in [2.45, 2.75) is 19.1 Å². The Hall–Kier alpha value is -1.21. The van der Waals surface area contributed by atoms with Crippen molar-refractivity contribution >= 4 is 17.2 Å². The van der Waals surface area contributed by atoms with Crippen molar-refractivity contribution in [1.29, 1.82) is 0 Å². The monoisotopic (exact) mass is 310 g/mol. The minimum Gasteiger partial charge on any atom is -0.492 e. The lowest BCUT2D eigenvalue weighted by molar-refractivity contribution is -0.0798. The fourth-order valence-electron chi connectivity index (χ4n) is 2.37. The molecule has 1 aliphatic heterocycles. The number of hydrogen-bond acceptors (Lipinski definition) is 5. The Bertz CT molecular complexity index is 484. The highest BCUT2D eigenvalue weighted by Crippen LogP contribution is 2.18. The third-order valence-electron chi connectivity index (χ3n) is 3.63. The Morgan fingerprint density at radius 1 is 1.52 bits per heavy atom. The fraction of sp³-hybridized carbons (Fsp3) is 0.533. The van der Waals surface area contributed by atoms with E-state index in [1.165, 1.54) is 0 Å². The number of nitrogens with zero attached hydrogens (tertiary/aromatic N) is 1. The number of thiocarbonyl (C=S) groups is 1. The van der Waals surface area contributed by atoms with Gasteiger partial charge < -0.3 is 20.3 Å². The van der Waals surface area contributed by atoms with Gasteiger partial charge in [0, 0.05) is 19.1 Å². The number of rotatable bonds is 6. The third kappa shape index (κ3) is 4.38. The molecule has 0 spiro atoms. The molecule has 0 radical (unpaired) electrons. The lowest BCUT2D eigenvalue weighted by Gasteiger charge is -2.37. The van der Waals surface area contributed by atoms with E-state index in [9.17, 15) is 5.11 Å². The van der Waals surface area contributed by atoms with Gasteiger partial charge in [-0.3, -0.25) is 4.90 Å². The van der Waals surface area contributed by atoms with E-state index in [1.807, 2.05) is 24.3 Å². The van der Waals surface area contributed by atoms with Gasteiger partial charge in [-0.2, -0.15) is 0 Å². The lowest BCUT2D eigenvalue weighted by atomic mass is 10.2. The topological polar surface area (TPSA) is 68.0 Å². The summed E-state index contributed by atoms with van der Waals surface area (Å²) in [4.78, 5) is 2.60. The van der Waals surface area contributed by atoms with E-state index in [-0.39, 0.29) is 12.7 Å². The SMILES string of the molecule is CC1COC(CO)CN1CCOc1ccccc1C(N)=S. The van der Waals surface area contributed by atoms with Crippen molar-refractivity contribution in [2.75, 3.05) is 32.9 Å². The van der Waals surface area contributed by atoms with Crippen LogP contribution in [-0.4, -0.2) is 60.1 Å². The van der Waals surface area contributed by atoms with E-state index in [2.05, 4.69) is 11.8 Å². The van der Waals surface area contributed by atoms with Gasteiger partial charge in [0.2, 0.25) is 0 Å². The number of aliphatic hydroxyl groups excluding tert-OH is 1. The number of nitrogens with two attached hydrogens (primary N) is 1. The molecule has 1 aromatic carbocycles. The molecule has 0 amide bonds. The highest BCUT2D eigenvalue weighted by atomic mass is 32.1. The molecule has 6 heteroatoms. The van der Waals surface area contributed by atoms with Gasteiger partial charge in [0.05, 0.1) is 24.9 Å². The van der Waals surface area contributed by atoms with Crippen molar-refractivity contribution < 1.29 is 14.6 Å². The highest BCUT2D eigenvalue weighted by molar-refractivity contribution is 7.80. The summed E-state index contributed by atoms with van der Waals surface area (Å²) in [6, 6.07) is 7.83. The summed E-state index contributed by atoms with van der Waals surface area (Å²) in [6.45, 7) is 4.83. The molecule has 0 aromatic heterocycles. The first-order valence-corrected chi connectivity index (χ1v) is 7.50. The van der Waals surface area contributed by atoms with Crippen LogP contribution in [0.25, 0.3) is 0 Å². The molecule has 2 atom stereocenters. The number of aliphatic hydroxyl groups is 1. The number of para-hydroxylation sites is 1. The standard InChI is InChI=1S/C15H22N2O3S/c1-11-10-20-12(9-18)8-17(11)6-7-19-14-5-3-2-4-13(14)15(16)21/h2-5,11-12,18H,6-10H2,1H3,(H2,16,21). The molecule has 1 aromatic rings. The van der Waals surface area contributed by atoms with Crippen LogP contribution in [0.2, 0.25) is 0 Å². The molecule has 2 rings (SSSR count). The quantitative estimate of drug-likeness (QED) is 0.757. The maximum atomic E-state index is 9.18. The van der Waals surface area contributed by atoms with Crippen LogP contribution in [0.5, 0.6) is 5.75 Å². The van der Waals surface area contributed by atoms with Gasteiger partial charge in [0.1, 0.15) is 17.3 Å². The minimum atomic E-state index is -0.106. The first kappa shape index (κ1) is 16.2. The van der Waals surface area contributed by atoms with Gasteiger partial charge in [-0.15, -0.1) is 0 Å². The Labute approximate surface area is 130 Å². The Kier molecular flexibility index (Phi) is 5.93. The van der Waals surface area contributed by atoms with Crippen LogP contribution in [0.3, 0.4) is 0 Å². The van der Waals surface area contributed by atoms with Crippen LogP contribution in [0, 0.1) is 0 Å². The van der Waals surface area contributed by atoms with Gasteiger partial charge in [0.15, 0.2) is 0 Å². The van der Waals surface area contributed by atoms with Gasteiger partial charge in [-0.25, -0.2) is 0 Å². The normalized spacial score (nSPS) is 23.0. The van der Waals surface area contributed by atoms with Crippen LogP contribution < -0.4 is 10.5 Å². The first-order valence-electron chi connectivity index (χ1n) is 7.10. The maximum Gasteiger partial charge on any atom is 0.129 e. The zero-order valence-electron chi connectivity index (χ0n) is 12.2. The molecule has 116 valence electrons. The molecule has 0 aliphatic carbocycles. The van der Waals surface area contributed by atoms with Gasteiger partial charge in [-0.1, -0.05) is 24.4 Å². The second-order valence-corrected chi connectivity index (χ2v) is 5.63. The van der Waals surface area contributed by atoms with E-state index in [0.29, 0.717) is 30.0 Å². The largest absolute Gasteiger partial charge is 0.492 e. The fourth-order valence-corrected chi connectivity index (χ4v) is 2.53.